The molecule has 1 aliphatic carbocycles. The Morgan fingerprint density at radius 1 is 1.16 bits per heavy atom. The maximum Gasteiger partial charge on any atom is 0.451 e. The fourth-order valence-electron chi connectivity index (χ4n) is 5.39. The molecule has 5 rings (SSSR count). The van der Waals surface area contributed by atoms with Crippen LogP contribution in [0, 0.1) is 12.3 Å². The number of aryl methyl sites for hydroxylation is 1. The van der Waals surface area contributed by atoms with Gasteiger partial charge in [-0.2, -0.15) is 13.2 Å². The number of likely N-dealkylation sites (N-methyl/N-ethyl adjacent to an activating group) is 1. The van der Waals surface area contributed by atoms with Gasteiger partial charge in [0.05, 0.1) is 36.0 Å². The molecule has 1 atom stereocenters. The summed E-state index contributed by atoms with van der Waals surface area (Å²) in [6.45, 7) is 5.93. The first-order chi connectivity index (χ1) is 14.7. The Morgan fingerprint density at radius 3 is 2.45 bits per heavy atom. The molecule has 4 aliphatic rings. The Balaban J connectivity index is 1.12. The third-order valence-corrected chi connectivity index (χ3v) is 8.77. The van der Waals surface area contributed by atoms with Crippen LogP contribution in [0.2, 0.25) is 0 Å². The van der Waals surface area contributed by atoms with E-state index in [1.54, 1.807) is 6.92 Å². The smallest absolute Gasteiger partial charge is 0.380 e. The standard InChI is InChI=1S/C21H29F3N4O2S/c1-14-17(10-25-18(26-14)21(22,23)24)31-28-5-3-20(4-6-28)9-16(11-30-20)27(2)15-7-19(8-15)12-29-13-19/h10,15-16H,3-9,11-13H2,1-2H3. The van der Waals surface area contributed by atoms with Gasteiger partial charge in [-0.3, -0.25) is 4.90 Å². The van der Waals surface area contributed by atoms with Crippen molar-refractivity contribution in [3.8, 4) is 0 Å². The van der Waals surface area contributed by atoms with Crippen molar-refractivity contribution in [3.05, 3.63) is 17.7 Å². The highest BCUT2D eigenvalue weighted by Crippen LogP contribution is 2.50. The van der Waals surface area contributed by atoms with Crippen molar-refractivity contribution < 1.29 is 22.6 Å². The summed E-state index contributed by atoms with van der Waals surface area (Å²) in [7, 11) is 2.24. The van der Waals surface area contributed by atoms with Crippen LogP contribution in [0.3, 0.4) is 0 Å². The number of ether oxygens (including phenoxy) is 2. The molecule has 6 nitrogen and oxygen atoms in total. The van der Waals surface area contributed by atoms with Crippen molar-refractivity contribution in [1.29, 1.82) is 0 Å². The minimum atomic E-state index is -4.51. The zero-order chi connectivity index (χ0) is 21.9. The molecule has 1 aromatic heterocycles. The summed E-state index contributed by atoms with van der Waals surface area (Å²) in [5.41, 5.74) is 0.767. The Morgan fingerprint density at radius 2 is 1.87 bits per heavy atom. The molecule has 0 radical (unpaired) electrons. The zero-order valence-electron chi connectivity index (χ0n) is 18.0. The molecular weight excluding hydrogens is 429 g/mol. The molecule has 0 bridgehead atoms. The molecule has 0 N–H and O–H groups in total. The van der Waals surface area contributed by atoms with Gasteiger partial charge in [-0.25, -0.2) is 14.3 Å². The SMILES string of the molecule is Cc1nc(C(F)(F)F)ncc1SN1CCC2(CC1)CC(N(C)C1CC3(COC3)C1)CO2. The lowest BCUT2D eigenvalue weighted by Gasteiger charge is -2.56. The predicted molar refractivity (Wildman–Crippen MR) is 110 cm³/mol. The number of rotatable bonds is 4. The summed E-state index contributed by atoms with van der Waals surface area (Å²) in [4.78, 5) is 10.3. The minimum absolute atomic E-state index is 0.0668. The molecule has 4 heterocycles. The molecule has 172 valence electrons. The molecule has 0 amide bonds. The highest BCUT2D eigenvalue weighted by Gasteiger charge is 2.53. The average Bonchev–Trinajstić information content (AvgIpc) is 3.06. The summed E-state index contributed by atoms with van der Waals surface area (Å²) in [5, 5.41) is 0. The minimum Gasteiger partial charge on any atom is -0.380 e. The van der Waals surface area contributed by atoms with Crippen molar-refractivity contribution in [2.45, 2.75) is 67.8 Å². The molecule has 10 heteroatoms. The second-order valence-corrected chi connectivity index (χ2v) is 10.9. The zero-order valence-corrected chi connectivity index (χ0v) is 18.8. The Hall–Kier alpha value is -0.940. The van der Waals surface area contributed by atoms with Crippen LogP contribution in [0.25, 0.3) is 0 Å². The van der Waals surface area contributed by atoms with Crippen LogP contribution in [0.4, 0.5) is 13.2 Å². The third-order valence-electron chi connectivity index (χ3n) is 7.54. The number of halogens is 3. The normalized spacial score (nSPS) is 28.3. The van der Waals surface area contributed by atoms with Crippen LogP contribution in [0.15, 0.2) is 11.1 Å². The number of hydrogen-bond acceptors (Lipinski definition) is 7. The maximum absolute atomic E-state index is 12.8. The van der Waals surface area contributed by atoms with E-state index >= 15 is 0 Å². The third kappa shape index (κ3) is 4.21. The molecule has 3 saturated heterocycles. The summed E-state index contributed by atoms with van der Waals surface area (Å²) >= 11 is 1.45. The summed E-state index contributed by atoms with van der Waals surface area (Å²) < 4.78 is 52.3. The highest BCUT2D eigenvalue weighted by molar-refractivity contribution is 7.97. The van der Waals surface area contributed by atoms with E-state index in [4.69, 9.17) is 9.47 Å². The Labute approximate surface area is 185 Å². The lowest BCUT2D eigenvalue weighted by Crippen LogP contribution is -2.60. The topological polar surface area (TPSA) is 50.7 Å². The molecule has 31 heavy (non-hydrogen) atoms. The van der Waals surface area contributed by atoms with Gasteiger partial charge in [0.1, 0.15) is 0 Å². The molecule has 1 saturated carbocycles. The van der Waals surface area contributed by atoms with Gasteiger partial charge >= 0.3 is 6.18 Å². The molecule has 2 spiro atoms. The van der Waals surface area contributed by atoms with Gasteiger partial charge in [0.2, 0.25) is 5.82 Å². The van der Waals surface area contributed by atoms with E-state index in [2.05, 4.69) is 26.2 Å². The molecule has 1 aromatic rings. The van der Waals surface area contributed by atoms with Gasteiger partial charge in [-0.15, -0.1) is 0 Å². The fourth-order valence-corrected chi connectivity index (χ4v) is 6.31. The van der Waals surface area contributed by atoms with Gasteiger partial charge < -0.3 is 9.47 Å². The van der Waals surface area contributed by atoms with Gasteiger partial charge in [0, 0.05) is 36.8 Å². The molecule has 3 aliphatic heterocycles. The molecular formula is C21H29F3N4O2S. The summed E-state index contributed by atoms with van der Waals surface area (Å²) in [6, 6.07) is 1.11. The number of hydrogen-bond donors (Lipinski definition) is 0. The second kappa shape index (κ2) is 7.83. The highest BCUT2D eigenvalue weighted by atomic mass is 32.2. The first-order valence-corrected chi connectivity index (χ1v) is 11.7. The Bertz CT molecular complexity index is 819. The van der Waals surface area contributed by atoms with Crippen LogP contribution in [0.1, 0.15) is 43.6 Å². The van der Waals surface area contributed by atoms with E-state index < -0.39 is 12.0 Å². The second-order valence-electron chi connectivity index (χ2n) is 9.73. The van der Waals surface area contributed by atoms with Crippen molar-refractivity contribution in [1.82, 2.24) is 19.2 Å². The van der Waals surface area contributed by atoms with Crippen LogP contribution in [-0.2, 0) is 15.7 Å². The molecule has 0 aromatic carbocycles. The maximum atomic E-state index is 12.8. The van der Waals surface area contributed by atoms with Crippen molar-refractivity contribution in [2.24, 2.45) is 5.41 Å². The van der Waals surface area contributed by atoms with E-state index in [1.165, 1.54) is 31.0 Å². The predicted octanol–water partition coefficient (Wildman–Crippen LogP) is 3.55. The number of nitrogens with zero attached hydrogens (tertiary/aromatic N) is 4. The number of aromatic nitrogens is 2. The van der Waals surface area contributed by atoms with E-state index in [1.807, 2.05) is 0 Å². The van der Waals surface area contributed by atoms with Gasteiger partial charge in [-0.05, 0) is 58.0 Å². The van der Waals surface area contributed by atoms with Gasteiger partial charge in [0.25, 0.3) is 0 Å². The van der Waals surface area contributed by atoms with Gasteiger partial charge in [0.15, 0.2) is 0 Å². The summed E-state index contributed by atoms with van der Waals surface area (Å²) in [5.74, 6) is -1.08. The Kier molecular flexibility index (Phi) is 5.53. The van der Waals surface area contributed by atoms with Crippen LogP contribution in [-0.4, -0.2) is 76.8 Å². The lowest BCUT2D eigenvalue weighted by molar-refractivity contribution is -0.185. The van der Waals surface area contributed by atoms with E-state index in [0.717, 1.165) is 52.2 Å². The number of piperidine rings is 1. The monoisotopic (exact) mass is 458 g/mol. The van der Waals surface area contributed by atoms with E-state index in [9.17, 15) is 13.2 Å². The number of alkyl halides is 3. The van der Waals surface area contributed by atoms with Crippen LogP contribution in [0.5, 0.6) is 0 Å². The van der Waals surface area contributed by atoms with Crippen molar-refractivity contribution in [2.75, 3.05) is 40.0 Å². The van der Waals surface area contributed by atoms with Crippen molar-refractivity contribution >= 4 is 11.9 Å². The quantitative estimate of drug-likeness (QED) is 0.640. The van der Waals surface area contributed by atoms with Gasteiger partial charge in [-0.1, -0.05) is 0 Å². The average molecular weight is 459 g/mol. The van der Waals surface area contributed by atoms with Crippen LogP contribution >= 0.6 is 11.9 Å². The molecule has 4 fully saturated rings. The summed E-state index contributed by atoms with van der Waals surface area (Å²) in [6.07, 6.45) is 2.19. The van der Waals surface area contributed by atoms with E-state index in [0.29, 0.717) is 28.1 Å². The van der Waals surface area contributed by atoms with Crippen molar-refractivity contribution in [3.63, 3.8) is 0 Å². The van der Waals surface area contributed by atoms with Crippen LogP contribution < -0.4 is 0 Å². The first kappa shape index (κ1) is 21.9. The molecule has 1 unspecified atom stereocenters. The van der Waals surface area contributed by atoms with E-state index in [-0.39, 0.29) is 5.60 Å². The first-order valence-electron chi connectivity index (χ1n) is 10.9. The largest absolute Gasteiger partial charge is 0.451 e. The fraction of sp³-hybridized carbons (Fsp3) is 0.810. The lowest BCUT2D eigenvalue weighted by atomic mass is 9.63.